The number of aromatic nitrogens is 2. The summed E-state index contributed by atoms with van der Waals surface area (Å²) >= 11 is 0. The lowest BCUT2D eigenvalue weighted by Crippen LogP contribution is -2.39. The third kappa shape index (κ3) is 3.63. The van der Waals surface area contributed by atoms with Crippen LogP contribution in [0.5, 0.6) is 0 Å². The molecule has 0 radical (unpaired) electrons. The Labute approximate surface area is 156 Å². The Morgan fingerprint density at radius 1 is 1.19 bits per heavy atom. The van der Waals surface area contributed by atoms with Crippen LogP contribution >= 0.6 is 0 Å². The summed E-state index contributed by atoms with van der Waals surface area (Å²) in [6, 6.07) is 5.70. The molecule has 0 saturated heterocycles. The van der Waals surface area contributed by atoms with Gasteiger partial charge in [-0.2, -0.15) is 0 Å². The Morgan fingerprint density at radius 3 is 2.52 bits per heavy atom. The SMILES string of the molecule is C[C@H](OC(=O)C1C[C@H]2CCC[C@@H](C1)C2=O)c1nnc(-c2ccc(F)cc2)o1. The van der Waals surface area contributed by atoms with E-state index in [4.69, 9.17) is 9.15 Å². The van der Waals surface area contributed by atoms with Gasteiger partial charge in [-0.15, -0.1) is 10.2 Å². The van der Waals surface area contributed by atoms with Crippen molar-refractivity contribution in [2.75, 3.05) is 0 Å². The van der Waals surface area contributed by atoms with Gasteiger partial charge in [-0.05, 0) is 56.9 Å². The van der Waals surface area contributed by atoms with Gasteiger partial charge in [-0.25, -0.2) is 4.39 Å². The van der Waals surface area contributed by atoms with Crippen molar-refractivity contribution in [3.8, 4) is 11.5 Å². The highest BCUT2D eigenvalue weighted by atomic mass is 19.1. The fraction of sp³-hybridized carbons (Fsp3) is 0.500. The molecule has 2 bridgehead atoms. The number of esters is 1. The lowest BCUT2D eigenvalue weighted by atomic mass is 9.67. The Morgan fingerprint density at radius 2 is 1.85 bits per heavy atom. The highest BCUT2D eigenvalue weighted by molar-refractivity contribution is 5.87. The van der Waals surface area contributed by atoms with Gasteiger partial charge in [-0.3, -0.25) is 9.59 Å². The zero-order chi connectivity index (χ0) is 19.0. The molecule has 0 aliphatic heterocycles. The predicted octanol–water partition coefficient (Wildman–Crippen LogP) is 3.88. The first-order valence-electron chi connectivity index (χ1n) is 9.35. The van der Waals surface area contributed by atoms with Crippen LogP contribution in [0.15, 0.2) is 28.7 Å². The van der Waals surface area contributed by atoms with Gasteiger partial charge in [-0.1, -0.05) is 6.42 Å². The number of carbonyl (C=O) groups excluding carboxylic acids is 2. The number of ketones is 1. The van der Waals surface area contributed by atoms with E-state index in [1.807, 2.05) is 0 Å². The summed E-state index contributed by atoms with van der Waals surface area (Å²) in [6.45, 7) is 1.68. The fourth-order valence-electron chi connectivity index (χ4n) is 4.10. The molecule has 2 aliphatic carbocycles. The summed E-state index contributed by atoms with van der Waals surface area (Å²) < 4.78 is 24.1. The van der Waals surface area contributed by atoms with Gasteiger partial charge in [0.05, 0.1) is 5.92 Å². The third-order valence-electron chi connectivity index (χ3n) is 5.55. The maximum absolute atomic E-state index is 13.0. The van der Waals surface area contributed by atoms with Crippen LogP contribution in [0.2, 0.25) is 0 Å². The van der Waals surface area contributed by atoms with E-state index in [0.29, 0.717) is 24.2 Å². The Balaban J connectivity index is 1.40. The molecule has 7 heteroatoms. The zero-order valence-electron chi connectivity index (χ0n) is 15.1. The topological polar surface area (TPSA) is 82.3 Å². The van der Waals surface area contributed by atoms with Gasteiger partial charge < -0.3 is 9.15 Å². The van der Waals surface area contributed by atoms with E-state index in [1.165, 1.54) is 12.1 Å². The monoisotopic (exact) mass is 372 g/mol. The Kier molecular flexibility index (Phi) is 4.76. The normalized spacial score (nSPS) is 25.9. The second-order valence-corrected chi connectivity index (χ2v) is 7.43. The molecule has 2 aromatic rings. The molecule has 4 atom stereocenters. The number of benzene rings is 1. The van der Waals surface area contributed by atoms with E-state index < -0.39 is 6.10 Å². The van der Waals surface area contributed by atoms with E-state index in [1.54, 1.807) is 19.1 Å². The van der Waals surface area contributed by atoms with Gasteiger partial charge in [0, 0.05) is 17.4 Å². The Hall–Kier alpha value is -2.57. The Bertz CT molecular complexity index is 832. The average Bonchev–Trinajstić information content (AvgIpc) is 3.12. The summed E-state index contributed by atoms with van der Waals surface area (Å²) in [5.41, 5.74) is 0.590. The standard InChI is InChI=1S/C20H21FN2O4/c1-11(18-22-23-19(27-18)12-5-7-16(21)8-6-12)26-20(25)15-9-13-3-2-4-14(10-15)17(13)24/h5-8,11,13-15H,2-4,9-10H2,1H3/t11-,13-,14+,15?/m0/s1. The minimum Gasteiger partial charge on any atom is -0.452 e. The molecule has 1 heterocycles. The lowest BCUT2D eigenvalue weighted by Gasteiger charge is -2.36. The van der Waals surface area contributed by atoms with Crippen molar-refractivity contribution >= 4 is 11.8 Å². The van der Waals surface area contributed by atoms with Crippen molar-refractivity contribution in [3.05, 3.63) is 36.0 Å². The molecule has 2 aliphatic rings. The molecule has 0 spiro atoms. The summed E-state index contributed by atoms with van der Waals surface area (Å²) in [4.78, 5) is 24.7. The lowest BCUT2D eigenvalue weighted by molar-refractivity contribution is -0.159. The number of carbonyl (C=O) groups is 2. The molecule has 1 aromatic carbocycles. The number of ether oxygens (including phenoxy) is 1. The fourth-order valence-corrected chi connectivity index (χ4v) is 4.10. The van der Waals surface area contributed by atoms with Crippen molar-refractivity contribution in [2.24, 2.45) is 17.8 Å². The molecule has 2 fully saturated rings. The third-order valence-corrected chi connectivity index (χ3v) is 5.55. The minimum atomic E-state index is -0.684. The first kappa shape index (κ1) is 17.8. The molecule has 4 rings (SSSR count). The number of Topliss-reactive ketones (excluding diaryl/α,β-unsaturated/α-hetero) is 1. The van der Waals surface area contributed by atoms with Crippen molar-refractivity contribution in [3.63, 3.8) is 0 Å². The van der Waals surface area contributed by atoms with Crippen LogP contribution in [0.25, 0.3) is 11.5 Å². The summed E-state index contributed by atoms with van der Waals surface area (Å²) in [7, 11) is 0. The zero-order valence-corrected chi connectivity index (χ0v) is 15.1. The summed E-state index contributed by atoms with van der Waals surface area (Å²) in [5.74, 6) is -0.165. The van der Waals surface area contributed by atoms with Crippen molar-refractivity contribution in [1.29, 1.82) is 0 Å². The average molecular weight is 372 g/mol. The van der Waals surface area contributed by atoms with Gasteiger partial charge in [0.1, 0.15) is 11.6 Å². The molecule has 0 amide bonds. The van der Waals surface area contributed by atoms with Crippen LogP contribution < -0.4 is 0 Å². The van der Waals surface area contributed by atoms with Crippen LogP contribution in [-0.2, 0) is 14.3 Å². The first-order valence-corrected chi connectivity index (χ1v) is 9.35. The highest BCUT2D eigenvalue weighted by Gasteiger charge is 2.42. The van der Waals surface area contributed by atoms with E-state index in [9.17, 15) is 14.0 Å². The molecule has 1 unspecified atom stereocenters. The molecule has 27 heavy (non-hydrogen) atoms. The van der Waals surface area contributed by atoms with Crippen LogP contribution in [0, 0.1) is 23.6 Å². The quantitative estimate of drug-likeness (QED) is 0.758. The predicted molar refractivity (Wildman–Crippen MR) is 92.8 cm³/mol. The van der Waals surface area contributed by atoms with Crippen LogP contribution in [0.4, 0.5) is 4.39 Å². The summed E-state index contributed by atoms with van der Waals surface area (Å²) in [6.07, 6.45) is 3.28. The van der Waals surface area contributed by atoms with E-state index in [0.717, 1.165) is 19.3 Å². The van der Waals surface area contributed by atoms with Crippen LogP contribution in [0.1, 0.15) is 51.0 Å². The van der Waals surface area contributed by atoms with Crippen LogP contribution in [-0.4, -0.2) is 21.9 Å². The molecular formula is C20H21FN2O4. The molecule has 2 saturated carbocycles. The van der Waals surface area contributed by atoms with Gasteiger partial charge >= 0.3 is 5.97 Å². The number of fused-ring (bicyclic) bond motifs is 2. The minimum absolute atomic E-state index is 0.00107. The van der Waals surface area contributed by atoms with Crippen molar-refractivity contribution in [2.45, 2.75) is 45.1 Å². The smallest absolute Gasteiger partial charge is 0.309 e. The van der Waals surface area contributed by atoms with Crippen molar-refractivity contribution < 1.29 is 23.1 Å². The van der Waals surface area contributed by atoms with E-state index >= 15 is 0 Å². The highest BCUT2D eigenvalue weighted by Crippen LogP contribution is 2.41. The largest absolute Gasteiger partial charge is 0.452 e. The molecule has 1 aromatic heterocycles. The number of rotatable bonds is 4. The molecule has 6 nitrogen and oxygen atoms in total. The van der Waals surface area contributed by atoms with E-state index in [-0.39, 0.29) is 41.3 Å². The van der Waals surface area contributed by atoms with Crippen molar-refractivity contribution in [1.82, 2.24) is 10.2 Å². The van der Waals surface area contributed by atoms with Gasteiger partial charge in [0.15, 0.2) is 6.10 Å². The molecular weight excluding hydrogens is 351 g/mol. The number of halogens is 1. The first-order chi connectivity index (χ1) is 13.0. The number of hydrogen-bond acceptors (Lipinski definition) is 6. The number of hydrogen-bond donors (Lipinski definition) is 0. The second kappa shape index (κ2) is 7.21. The van der Waals surface area contributed by atoms with E-state index in [2.05, 4.69) is 10.2 Å². The van der Waals surface area contributed by atoms with Gasteiger partial charge in [0.2, 0.25) is 5.89 Å². The maximum Gasteiger partial charge on any atom is 0.309 e. The molecule has 0 N–H and O–H groups in total. The van der Waals surface area contributed by atoms with Crippen LogP contribution in [0.3, 0.4) is 0 Å². The summed E-state index contributed by atoms with van der Waals surface area (Å²) in [5, 5.41) is 7.88. The number of nitrogens with zero attached hydrogens (tertiary/aromatic N) is 2. The molecule has 142 valence electrons. The second-order valence-electron chi connectivity index (χ2n) is 7.43. The maximum atomic E-state index is 13.0. The van der Waals surface area contributed by atoms with Gasteiger partial charge in [0.25, 0.3) is 5.89 Å².